The van der Waals surface area contributed by atoms with Crippen molar-refractivity contribution in [3.8, 4) is 11.5 Å². The van der Waals surface area contributed by atoms with E-state index in [0.717, 1.165) is 0 Å². The van der Waals surface area contributed by atoms with Crippen LogP contribution >= 0.6 is 0 Å². The van der Waals surface area contributed by atoms with Crippen LogP contribution in [0.25, 0.3) is 0 Å². The van der Waals surface area contributed by atoms with E-state index in [2.05, 4.69) is 0 Å². The number of hydrogen-bond donors (Lipinski definition) is 2. The molecule has 1 amide bonds. The average molecular weight is 312 g/mol. The minimum absolute atomic E-state index is 0.0876. The number of primary amides is 1. The minimum Gasteiger partial charge on any atom is -0.487 e. The first-order valence-corrected chi connectivity index (χ1v) is 6.57. The van der Waals surface area contributed by atoms with E-state index in [1.165, 1.54) is 26.2 Å². The van der Waals surface area contributed by atoms with Gasteiger partial charge in [0.2, 0.25) is 0 Å². The van der Waals surface area contributed by atoms with Crippen molar-refractivity contribution in [2.75, 3.05) is 39.3 Å². The highest BCUT2D eigenvalue weighted by Gasteiger charge is 2.14. The Labute approximate surface area is 128 Å². The molecule has 0 saturated heterocycles. The van der Waals surface area contributed by atoms with Crippen LogP contribution in [-0.2, 0) is 14.3 Å². The molecule has 0 saturated carbocycles. The van der Waals surface area contributed by atoms with E-state index in [1.807, 2.05) is 0 Å². The third kappa shape index (κ3) is 5.49. The standard InChI is InChI=1S/C14H20N2O6/c1-9(17)20-5-6-22-13-8-11(15)10(14(16)18)7-12(13)21-4-3-19-2/h7-8H,3-6,15H2,1-2H3,(H2,16,18). The van der Waals surface area contributed by atoms with Gasteiger partial charge in [-0.25, -0.2) is 0 Å². The molecule has 22 heavy (non-hydrogen) atoms. The van der Waals surface area contributed by atoms with E-state index < -0.39 is 11.9 Å². The van der Waals surface area contributed by atoms with Crippen LogP contribution < -0.4 is 20.9 Å². The number of benzene rings is 1. The molecule has 8 heteroatoms. The lowest BCUT2D eigenvalue weighted by Crippen LogP contribution is -2.15. The highest BCUT2D eigenvalue weighted by molar-refractivity contribution is 5.98. The Bertz CT molecular complexity index is 532. The number of nitrogen functional groups attached to an aromatic ring is 1. The zero-order valence-corrected chi connectivity index (χ0v) is 12.6. The predicted molar refractivity (Wildman–Crippen MR) is 78.9 cm³/mol. The Hall–Kier alpha value is -2.48. The van der Waals surface area contributed by atoms with Crippen molar-refractivity contribution in [1.82, 2.24) is 0 Å². The molecule has 0 radical (unpaired) electrons. The van der Waals surface area contributed by atoms with Crippen molar-refractivity contribution in [2.45, 2.75) is 6.92 Å². The number of amides is 1. The van der Waals surface area contributed by atoms with Gasteiger partial charge >= 0.3 is 5.97 Å². The largest absolute Gasteiger partial charge is 0.487 e. The van der Waals surface area contributed by atoms with Crippen LogP contribution in [0.3, 0.4) is 0 Å². The van der Waals surface area contributed by atoms with E-state index in [9.17, 15) is 9.59 Å². The number of nitrogens with two attached hydrogens (primary N) is 2. The summed E-state index contributed by atoms with van der Waals surface area (Å²) in [6.45, 7) is 2.14. The molecule has 0 aliphatic carbocycles. The molecule has 122 valence electrons. The number of anilines is 1. The molecule has 0 atom stereocenters. The second-order valence-electron chi connectivity index (χ2n) is 4.28. The second kappa shape index (κ2) is 8.73. The molecule has 1 aromatic rings. The normalized spacial score (nSPS) is 10.1. The fraction of sp³-hybridized carbons (Fsp3) is 0.429. The third-order valence-corrected chi connectivity index (χ3v) is 2.57. The molecule has 4 N–H and O–H groups in total. The number of hydrogen-bond acceptors (Lipinski definition) is 7. The molecular formula is C14H20N2O6. The fourth-order valence-corrected chi connectivity index (χ4v) is 1.59. The van der Waals surface area contributed by atoms with Gasteiger partial charge < -0.3 is 30.4 Å². The molecule has 0 fully saturated rings. The smallest absolute Gasteiger partial charge is 0.302 e. The average Bonchev–Trinajstić information content (AvgIpc) is 2.45. The summed E-state index contributed by atoms with van der Waals surface area (Å²) in [5.41, 5.74) is 11.3. The summed E-state index contributed by atoms with van der Waals surface area (Å²) in [5.74, 6) is -0.432. The second-order valence-corrected chi connectivity index (χ2v) is 4.28. The van der Waals surface area contributed by atoms with Crippen molar-refractivity contribution in [1.29, 1.82) is 0 Å². The van der Waals surface area contributed by atoms with Crippen molar-refractivity contribution in [2.24, 2.45) is 5.73 Å². The van der Waals surface area contributed by atoms with Gasteiger partial charge in [-0.2, -0.15) is 0 Å². The highest BCUT2D eigenvalue weighted by atomic mass is 16.6. The Morgan fingerprint density at radius 1 is 1.05 bits per heavy atom. The maximum atomic E-state index is 11.3. The van der Waals surface area contributed by atoms with Crippen LogP contribution in [0.2, 0.25) is 0 Å². The fourth-order valence-electron chi connectivity index (χ4n) is 1.59. The van der Waals surface area contributed by atoms with Gasteiger partial charge in [0, 0.05) is 25.8 Å². The molecule has 0 heterocycles. The molecular weight excluding hydrogens is 292 g/mol. The Morgan fingerprint density at radius 2 is 1.64 bits per heavy atom. The van der Waals surface area contributed by atoms with E-state index in [1.54, 1.807) is 0 Å². The first-order chi connectivity index (χ1) is 10.5. The van der Waals surface area contributed by atoms with Gasteiger partial charge in [-0.15, -0.1) is 0 Å². The van der Waals surface area contributed by atoms with Crippen LogP contribution in [0.5, 0.6) is 11.5 Å². The van der Waals surface area contributed by atoms with Crippen LogP contribution in [0.4, 0.5) is 5.69 Å². The third-order valence-electron chi connectivity index (χ3n) is 2.57. The molecule has 8 nitrogen and oxygen atoms in total. The van der Waals surface area contributed by atoms with E-state index in [0.29, 0.717) is 18.1 Å². The van der Waals surface area contributed by atoms with Crippen molar-refractivity contribution >= 4 is 17.6 Å². The molecule has 1 aromatic carbocycles. The number of ether oxygens (including phenoxy) is 4. The molecule has 0 unspecified atom stereocenters. The van der Waals surface area contributed by atoms with Gasteiger partial charge in [0.05, 0.1) is 12.2 Å². The number of carbonyl (C=O) groups excluding carboxylic acids is 2. The SMILES string of the molecule is COCCOc1cc(C(N)=O)c(N)cc1OCCOC(C)=O. The van der Waals surface area contributed by atoms with Gasteiger partial charge in [-0.1, -0.05) is 0 Å². The maximum absolute atomic E-state index is 11.3. The summed E-state index contributed by atoms with van der Waals surface area (Å²) < 4.78 is 20.6. The van der Waals surface area contributed by atoms with Crippen LogP contribution in [0.1, 0.15) is 17.3 Å². The van der Waals surface area contributed by atoms with Crippen molar-refractivity contribution in [3.63, 3.8) is 0 Å². The van der Waals surface area contributed by atoms with Gasteiger partial charge in [0.1, 0.15) is 19.8 Å². The number of rotatable bonds is 9. The van der Waals surface area contributed by atoms with E-state index in [-0.39, 0.29) is 31.1 Å². The minimum atomic E-state index is -0.666. The molecule has 0 spiro atoms. The van der Waals surface area contributed by atoms with Crippen LogP contribution in [0, 0.1) is 0 Å². The van der Waals surface area contributed by atoms with E-state index in [4.69, 9.17) is 30.4 Å². The lowest BCUT2D eigenvalue weighted by molar-refractivity contribution is -0.141. The van der Waals surface area contributed by atoms with Crippen LogP contribution in [0.15, 0.2) is 12.1 Å². The highest BCUT2D eigenvalue weighted by Crippen LogP contribution is 2.32. The Balaban J connectivity index is 2.84. The molecule has 0 aromatic heterocycles. The molecule has 0 aliphatic heterocycles. The first-order valence-electron chi connectivity index (χ1n) is 6.57. The zero-order chi connectivity index (χ0) is 16.5. The summed E-state index contributed by atoms with van der Waals surface area (Å²) >= 11 is 0. The van der Waals surface area contributed by atoms with Gasteiger partial charge in [-0.05, 0) is 6.07 Å². The Kier molecular flexibility index (Phi) is 6.97. The number of carbonyl (C=O) groups is 2. The van der Waals surface area contributed by atoms with Gasteiger partial charge in [0.15, 0.2) is 11.5 Å². The number of esters is 1. The molecule has 0 aliphatic rings. The summed E-state index contributed by atoms with van der Waals surface area (Å²) in [6.07, 6.45) is 0. The summed E-state index contributed by atoms with van der Waals surface area (Å²) in [4.78, 5) is 22.0. The van der Waals surface area contributed by atoms with Gasteiger partial charge in [0.25, 0.3) is 5.91 Å². The predicted octanol–water partition coefficient (Wildman–Crippen LogP) is 0.335. The van der Waals surface area contributed by atoms with Crippen molar-refractivity contribution in [3.05, 3.63) is 17.7 Å². The summed E-state index contributed by atoms with van der Waals surface area (Å²) in [6, 6.07) is 2.85. The number of methoxy groups -OCH3 is 1. The quantitative estimate of drug-likeness (QED) is 0.383. The van der Waals surface area contributed by atoms with Crippen LogP contribution in [-0.4, -0.2) is 45.4 Å². The van der Waals surface area contributed by atoms with Gasteiger partial charge in [-0.3, -0.25) is 9.59 Å². The first kappa shape index (κ1) is 17.6. The lowest BCUT2D eigenvalue weighted by Gasteiger charge is -2.15. The van der Waals surface area contributed by atoms with E-state index >= 15 is 0 Å². The molecule has 1 rings (SSSR count). The zero-order valence-electron chi connectivity index (χ0n) is 12.6. The topological polar surface area (TPSA) is 123 Å². The summed E-state index contributed by atoms with van der Waals surface area (Å²) in [7, 11) is 1.54. The lowest BCUT2D eigenvalue weighted by atomic mass is 10.1. The summed E-state index contributed by atoms with van der Waals surface area (Å²) in [5, 5.41) is 0. The van der Waals surface area contributed by atoms with Crippen molar-refractivity contribution < 1.29 is 28.5 Å². The molecule has 0 bridgehead atoms. The Morgan fingerprint density at radius 3 is 2.18 bits per heavy atom. The monoisotopic (exact) mass is 312 g/mol. The maximum Gasteiger partial charge on any atom is 0.302 e.